The molecule has 0 aliphatic carbocycles. The van der Waals surface area contributed by atoms with Gasteiger partial charge < -0.3 is 20.1 Å². The summed E-state index contributed by atoms with van der Waals surface area (Å²) in [4.78, 5) is 23.9. The number of nitrogens with zero attached hydrogens (tertiary/aromatic N) is 1. The van der Waals surface area contributed by atoms with Gasteiger partial charge in [0.05, 0.1) is 13.2 Å². The van der Waals surface area contributed by atoms with E-state index < -0.39 is 11.8 Å². The van der Waals surface area contributed by atoms with Crippen LogP contribution in [0.4, 0.5) is 14.9 Å². The molecule has 0 spiro atoms. The molecule has 112 valence electrons. The van der Waals surface area contributed by atoms with Crippen LogP contribution < -0.4 is 5.32 Å². The van der Waals surface area contributed by atoms with Crippen LogP contribution in [0.1, 0.15) is 5.56 Å². The molecule has 7 heteroatoms. The SMILES string of the molecule is O=C(O)C=Cc1ccc(NC(=O)N2CCOCC2)cc1F. The molecule has 0 saturated carbocycles. The van der Waals surface area contributed by atoms with E-state index >= 15 is 0 Å². The Morgan fingerprint density at radius 3 is 2.67 bits per heavy atom. The van der Waals surface area contributed by atoms with Gasteiger partial charge in [0, 0.05) is 30.4 Å². The molecule has 0 radical (unpaired) electrons. The van der Waals surface area contributed by atoms with Crippen molar-refractivity contribution in [3.05, 3.63) is 35.7 Å². The second-order valence-electron chi connectivity index (χ2n) is 4.44. The molecule has 1 fully saturated rings. The third-order valence-electron chi connectivity index (χ3n) is 2.96. The molecule has 1 aromatic carbocycles. The number of amides is 2. The number of nitrogens with one attached hydrogen (secondary N) is 1. The van der Waals surface area contributed by atoms with Crippen molar-refractivity contribution in [2.75, 3.05) is 31.6 Å². The lowest BCUT2D eigenvalue weighted by atomic mass is 10.2. The largest absolute Gasteiger partial charge is 0.478 e. The summed E-state index contributed by atoms with van der Waals surface area (Å²) >= 11 is 0. The maximum Gasteiger partial charge on any atom is 0.328 e. The first-order chi connectivity index (χ1) is 10.1. The average molecular weight is 294 g/mol. The Bertz CT molecular complexity index is 568. The highest BCUT2D eigenvalue weighted by molar-refractivity contribution is 5.90. The van der Waals surface area contributed by atoms with Gasteiger partial charge in [0.15, 0.2) is 0 Å². The lowest BCUT2D eigenvalue weighted by molar-refractivity contribution is -0.131. The molecule has 0 bridgehead atoms. The number of rotatable bonds is 3. The number of carboxylic acids is 1. The highest BCUT2D eigenvalue weighted by Crippen LogP contribution is 2.16. The number of ether oxygens (including phenoxy) is 1. The molecule has 1 saturated heterocycles. The van der Waals surface area contributed by atoms with E-state index in [2.05, 4.69) is 5.32 Å². The Morgan fingerprint density at radius 1 is 1.33 bits per heavy atom. The monoisotopic (exact) mass is 294 g/mol. The third kappa shape index (κ3) is 4.28. The van der Waals surface area contributed by atoms with Crippen LogP contribution >= 0.6 is 0 Å². The second-order valence-corrected chi connectivity index (χ2v) is 4.44. The Labute approximate surface area is 120 Å². The zero-order valence-electron chi connectivity index (χ0n) is 11.2. The van der Waals surface area contributed by atoms with Crippen LogP contribution in [-0.4, -0.2) is 48.3 Å². The van der Waals surface area contributed by atoms with Crippen molar-refractivity contribution >= 4 is 23.8 Å². The summed E-state index contributed by atoms with van der Waals surface area (Å²) < 4.78 is 18.9. The zero-order valence-corrected chi connectivity index (χ0v) is 11.2. The summed E-state index contributed by atoms with van der Waals surface area (Å²) in [5.74, 6) is -1.76. The van der Waals surface area contributed by atoms with E-state index in [-0.39, 0.29) is 11.6 Å². The number of hydrogen-bond acceptors (Lipinski definition) is 3. The maximum absolute atomic E-state index is 13.8. The normalized spacial score (nSPS) is 15.2. The highest BCUT2D eigenvalue weighted by Gasteiger charge is 2.16. The zero-order chi connectivity index (χ0) is 15.2. The van der Waals surface area contributed by atoms with Crippen LogP contribution in [0.2, 0.25) is 0 Å². The van der Waals surface area contributed by atoms with Crippen molar-refractivity contribution in [2.24, 2.45) is 0 Å². The minimum atomic E-state index is -1.15. The van der Waals surface area contributed by atoms with Gasteiger partial charge in [-0.05, 0) is 24.3 Å². The first-order valence-corrected chi connectivity index (χ1v) is 6.40. The van der Waals surface area contributed by atoms with E-state index in [1.165, 1.54) is 12.1 Å². The number of morpholine rings is 1. The smallest absolute Gasteiger partial charge is 0.328 e. The molecule has 2 rings (SSSR count). The summed E-state index contributed by atoms with van der Waals surface area (Å²) in [6.45, 7) is 1.96. The minimum Gasteiger partial charge on any atom is -0.478 e. The Hall–Kier alpha value is -2.41. The predicted octanol–water partition coefficient (Wildman–Crippen LogP) is 1.79. The van der Waals surface area contributed by atoms with Gasteiger partial charge in [-0.1, -0.05) is 0 Å². The molecule has 1 aromatic rings. The number of urea groups is 1. The fourth-order valence-electron chi connectivity index (χ4n) is 1.87. The van der Waals surface area contributed by atoms with Crippen molar-refractivity contribution in [1.29, 1.82) is 0 Å². The Kier molecular flexibility index (Phi) is 4.89. The summed E-state index contributed by atoms with van der Waals surface area (Å²) in [6.07, 6.45) is 2.01. The summed E-state index contributed by atoms with van der Waals surface area (Å²) in [5.41, 5.74) is 0.457. The van der Waals surface area contributed by atoms with E-state index in [1.807, 2.05) is 0 Å². The van der Waals surface area contributed by atoms with Crippen LogP contribution in [0.3, 0.4) is 0 Å². The second kappa shape index (κ2) is 6.85. The van der Waals surface area contributed by atoms with Gasteiger partial charge >= 0.3 is 12.0 Å². The molecule has 6 nitrogen and oxygen atoms in total. The first-order valence-electron chi connectivity index (χ1n) is 6.40. The molecule has 0 unspecified atom stereocenters. The predicted molar refractivity (Wildman–Crippen MR) is 74.5 cm³/mol. The molecule has 2 N–H and O–H groups in total. The Balaban J connectivity index is 2.02. The molecule has 0 aromatic heterocycles. The molecular formula is C14H15FN2O4. The molecule has 0 atom stereocenters. The number of hydrogen-bond donors (Lipinski definition) is 2. The van der Waals surface area contributed by atoms with Gasteiger partial charge in [0.25, 0.3) is 0 Å². The van der Waals surface area contributed by atoms with Crippen molar-refractivity contribution in [2.45, 2.75) is 0 Å². The topological polar surface area (TPSA) is 78.9 Å². The van der Waals surface area contributed by atoms with Crippen LogP contribution in [0.5, 0.6) is 0 Å². The van der Waals surface area contributed by atoms with Gasteiger partial charge in [-0.15, -0.1) is 0 Å². The van der Waals surface area contributed by atoms with E-state index in [1.54, 1.807) is 4.90 Å². The molecule has 2 amide bonds. The van der Waals surface area contributed by atoms with Crippen LogP contribution in [0, 0.1) is 5.82 Å². The summed E-state index contributed by atoms with van der Waals surface area (Å²) in [5, 5.41) is 11.1. The van der Waals surface area contributed by atoms with Gasteiger partial charge in [-0.2, -0.15) is 0 Å². The minimum absolute atomic E-state index is 0.141. The number of carboxylic acid groups (broad SMARTS) is 1. The number of aliphatic carboxylic acids is 1. The van der Waals surface area contributed by atoms with Crippen molar-refractivity contribution < 1.29 is 23.8 Å². The summed E-state index contributed by atoms with van der Waals surface area (Å²) in [7, 11) is 0. The van der Waals surface area contributed by atoms with Gasteiger partial charge in [0.1, 0.15) is 5.82 Å². The number of carbonyl (C=O) groups excluding carboxylic acids is 1. The van der Waals surface area contributed by atoms with Crippen LogP contribution in [0.25, 0.3) is 6.08 Å². The lowest BCUT2D eigenvalue weighted by Gasteiger charge is -2.26. The third-order valence-corrected chi connectivity index (χ3v) is 2.96. The molecule has 1 aliphatic rings. The fourth-order valence-corrected chi connectivity index (χ4v) is 1.87. The molecule has 1 aliphatic heterocycles. The van der Waals surface area contributed by atoms with Gasteiger partial charge in [-0.25, -0.2) is 14.0 Å². The van der Waals surface area contributed by atoms with Crippen LogP contribution in [0.15, 0.2) is 24.3 Å². The maximum atomic E-state index is 13.8. The number of halogens is 1. The van der Waals surface area contributed by atoms with Crippen molar-refractivity contribution in [1.82, 2.24) is 4.90 Å². The average Bonchev–Trinajstić information content (AvgIpc) is 2.47. The summed E-state index contributed by atoms with van der Waals surface area (Å²) in [6, 6.07) is 3.76. The fraction of sp³-hybridized carbons (Fsp3) is 0.286. The molecule has 21 heavy (non-hydrogen) atoms. The standard InChI is InChI=1S/C14H15FN2O4/c15-12-9-11(3-1-10(12)2-4-13(18)19)16-14(20)17-5-7-21-8-6-17/h1-4,9H,5-8H2,(H,16,20)(H,18,19). The van der Waals surface area contributed by atoms with Crippen molar-refractivity contribution in [3.8, 4) is 0 Å². The van der Waals surface area contributed by atoms with E-state index in [4.69, 9.17) is 9.84 Å². The quantitative estimate of drug-likeness (QED) is 0.833. The Morgan fingerprint density at radius 2 is 2.05 bits per heavy atom. The van der Waals surface area contributed by atoms with Gasteiger partial charge in [-0.3, -0.25) is 0 Å². The molecular weight excluding hydrogens is 279 g/mol. The number of carbonyl (C=O) groups is 2. The number of benzene rings is 1. The van der Waals surface area contributed by atoms with Crippen LogP contribution in [-0.2, 0) is 9.53 Å². The number of anilines is 1. The van der Waals surface area contributed by atoms with E-state index in [0.29, 0.717) is 32.0 Å². The van der Waals surface area contributed by atoms with Gasteiger partial charge in [0.2, 0.25) is 0 Å². The first kappa shape index (κ1) is 15.0. The van der Waals surface area contributed by atoms with Crippen molar-refractivity contribution in [3.63, 3.8) is 0 Å². The van der Waals surface area contributed by atoms with E-state index in [0.717, 1.165) is 18.2 Å². The highest BCUT2D eigenvalue weighted by atomic mass is 19.1. The van der Waals surface area contributed by atoms with E-state index in [9.17, 15) is 14.0 Å². The lowest BCUT2D eigenvalue weighted by Crippen LogP contribution is -2.43. The molecule has 1 heterocycles.